The van der Waals surface area contributed by atoms with Crippen molar-refractivity contribution in [2.75, 3.05) is 13.7 Å². The van der Waals surface area contributed by atoms with Crippen molar-refractivity contribution in [3.05, 3.63) is 0 Å². The predicted octanol–water partition coefficient (Wildman–Crippen LogP) is 2.29. The van der Waals surface area contributed by atoms with Crippen LogP contribution in [0, 0.1) is 29.6 Å². The molecule has 5 unspecified atom stereocenters. The van der Waals surface area contributed by atoms with E-state index in [0.717, 1.165) is 36.2 Å². The van der Waals surface area contributed by atoms with Gasteiger partial charge in [0, 0.05) is 6.04 Å². The van der Waals surface area contributed by atoms with Crippen molar-refractivity contribution in [2.24, 2.45) is 29.6 Å². The Kier molecular flexibility index (Phi) is 2.75. The Hall–Kier alpha value is -0.0800. The van der Waals surface area contributed by atoms with Gasteiger partial charge in [-0.2, -0.15) is 0 Å². The second kappa shape index (κ2) is 3.99. The molecule has 2 nitrogen and oxygen atoms in total. The molecule has 0 radical (unpaired) electrons. The first-order valence-electron chi connectivity index (χ1n) is 7.01. The van der Waals surface area contributed by atoms with Crippen molar-refractivity contribution in [2.45, 2.75) is 45.3 Å². The van der Waals surface area contributed by atoms with Gasteiger partial charge in [-0.1, -0.05) is 0 Å². The van der Waals surface area contributed by atoms with Gasteiger partial charge in [-0.3, -0.25) is 0 Å². The van der Waals surface area contributed by atoms with E-state index in [9.17, 15) is 0 Å². The van der Waals surface area contributed by atoms with E-state index in [4.69, 9.17) is 4.74 Å². The highest BCUT2D eigenvalue weighted by atomic mass is 16.5. The Morgan fingerprint density at radius 2 is 1.81 bits per heavy atom. The van der Waals surface area contributed by atoms with Gasteiger partial charge in [0.1, 0.15) is 0 Å². The van der Waals surface area contributed by atoms with Crippen LogP contribution >= 0.6 is 0 Å². The fourth-order valence-corrected chi connectivity index (χ4v) is 4.61. The van der Waals surface area contributed by atoms with Gasteiger partial charge in [0.2, 0.25) is 0 Å². The summed E-state index contributed by atoms with van der Waals surface area (Å²) in [5, 5.41) is 3.49. The van der Waals surface area contributed by atoms with E-state index >= 15 is 0 Å². The third-order valence-corrected chi connectivity index (χ3v) is 5.24. The van der Waals surface area contributed by atoms with E-state index in [2.05, 4.69) is 26.2 Å². The van der Waals surface area contributed by atoms with Crippen LogP contribution in [0.5, 0.6) is 0 Å². The lowest BCUT2D eigenvalue weighted by molar-refractivity contribution is 0.0547. The molecule has 2 heteroatoms. The zero-order valence-electron chi connectivity index (χ0n) is 10.8. The molecule has 0 saturated heterocycles. The molecular formula is C14H25NO. The summed E-state index contributed by atoms with van der Waals surface area (Å²) in [6.07, 6.45) is 4.95. The molecule has 0 aliphatic heterocycles. The molecule has 3 aliphatic rings. The molecular weight excluding hydrogens is 198 g/mol. The molecule has 0 aromatic heterocycles. The van der Waals surface area contributed by atoms with Gasteiger partial charge in [0.05, 0.1) is 12.7 Å². The lowest BCUT2D eigenvalue weighted by Crippen LogP contribution is -2.35. The van der Waals surface area contributed by atoms with E-state index in [1.54, 1.807) is 6.42 Å². The highest BCUT2D eigenvalue weighted by Gasteiger charge is 2.66. The van der Waals surface area contributed by atoms with Crippen LogP contribution in [-0.2, 0) is 4.74 Å². The molecule has 0 aromatic carbocycles. The Morgan fingerprint density at radius 3 is 2.31 bits per heavy atom. The molecule has 2 bridgehead atoms. The standard InChI is InChI=1S/C14H25NO/c1-8(2)16-7-11(15-3)14-12-9-4-5-10(6-9)13(12)14/h8-15H,4-7H2,1-3H3. The lowest BCUT2D eigenvalue weighted by Gasteiger charge is -2.21. The molecule has 5 atom stereocenters. The topological polar surface area (TPSA) is 21.3 Å². The van der Waals surface area contributed by atoms with Crippen molar-refractivity contribution in [1.82, 2.24) is 5.32 Å². The Labute approximate surface area is 99.1 Å². The number of nitrogens with one attached hydrogen (secondary N) is 1. The number of likely N-dealkylation sites (N-methyl/N-ethyl adjacent to an activating group) is 1. The van der Waals surface area contributed by atoms with E-state index in [1.165, 1.54) is 12.8 Å². The summed E-state index contributed by atoms with van der Waals surface area (Å²) in [6, 6.07) is 0.612. The molecule has 16 heavy (non-hydrogen) atoms. The van der Waals surface area contributed by atoms with Gasteiger partial charge >= 0.3 is 0 Å². The number of hydrogen-bond acceptors (Lipinski definition) is 2. The molecule has 3 aliphatic carbocycles. The van der Waals surface area contributed by atoms with E-state index in [-0.39, 0.29) is 0 Å². The maximum Gasteiger partial charge on any atom is 0.0625 e. The summed E-state index contributed by atoms with van der Waals surface area (Å²) < 4.78 is 5.79. The summed E-state index contributed by atoms with van der Waals surface area (Å²) in [5.74, 6) is 5.22. The van der Waals surface area contributed by atoms with Gasteiger partial charge in [-0.15, -0.1) is 0 Å². The van der Waals surface area contributed by atoms with E-state index < -0.39 is 0 Å². The summed E-state index contributed by atoms with van der Waals surface area (Å²) in [4.78, 5) is 0. The van der Waals surface area contributed by atoms with Crippen LogP contribution in [0.25, 0.3) is 0 Å². The number of rotatable bonds is 5. The number of hydrogen-bond donors (Lipinski definition) is 1. The van der Waals surface area contributed by atoms with Crippen LogP contribution < -0.4 is 5.32 Å². The Balaban J connectivity index is 1.57. The minimum atomic E-state index is 0.367. The van der Waals surface area contributed by atoms with Crippen molar-refractivity contribution in [1.29, 1.82) is 0 Å². The lowest BCUT2D eigenvalue weighted by atomic mass is 9.98. The minimum absolute atomic E-state index is 0.367. The van der Waals surface area contributed by atoms with Crippen molar-refractivity contribution in [3.63, 3.8) is 0 Å². The largest absolute Gasteiger partial charge is 0.377 e. The maximum absolute atomic E-state index is 5.79. The third kappa shape index (κ3) is 1.62. The molecule has 0 spiro atoms. The summed E-state index contributed by atoms with van der Waals surface area (Å²) >= 11 is 0. The zero-order chi connectivity index (χ0) is 11.3. The van der Waals surface area contributed by atoms with Crippen molar-refractivity contribution < 1.29 is 4.74 Å². The summed E-state index contributed by atoms with van der Waals surface area (Å²) in [7, 11) is 2.10. The Bertz CT molecular complexity index is 249. The second-order valence-corrected chi connectivity index (χ2v) is 6.34. The second-order valence-electron chi connectivity index (χ2n) is 6.34. The van der Waals surface area contributed by atoms with Gasteiger partial charge in [0.15, 0.2) is 0 Å². The molecule has 0 aromatic rings. The first-order valence-corrected chi connectivity index (χ1v) is 7.01. The molecule has 92 valence electrons. The van der Waals surface area contributed by atoms with Crippen LogP contribution in [0.15, 0.2) is 0 Å². The smallest absolute Gasteiger partial charge is 0.0625 e. The number of ether oxygens (including phenoxy) is 1. The molecule has 3 rings (SSSR count). The van der Waals surface area contributed by atoms with Crippen molar-refractivity contribution >= 4 is 0 Å². The normalized spacial score (nSPS) is 46.1. The molecule has 3 fully saturated rings. The molecule has 1 N–H and O–H groups in total. The van der Waals surface area contributed by atoms with Crippen LogP contribution in [0.3, 0.4) is 0 Å². The molecule has 0 amide bonds. The average Bonchev–Trinajstić information content (AvgIpc) is 2.69. The number of fused-ring (bicyclic) bond motifs is 5. The van der Waals surface area contributed by atoms with Gasteiger partial charge in [-0.05, 0) is 69.7 Å². The molecule has 0 heterocycles. The fourth-order valence-electron chi connectivity index (χ4n) is 4.61. The highest BCUT2D eigenvalue weighted by Crippen LogP contribution is 2.70. The van der Waals surface area contributed by atoms with E-state index in [1.807, 2.05) is 0 Å². The highest BCUT2D eigenvalue weighted by molar-refractivity contribution is 5.15. The fraction of sp³-hybridized carbons (Fsp3) is 1.00. The van der Waals surface area contributed by atoms with Crippen molar-refractivity contribution in [3.8, 4) is 0 Å². The predicted molar refractivity (Wildman–Crippen MR) is 65.2 cm³/mol. The van der Waals surface area contributed by atoms with Crippen LogP contribution in [0.1, 0.15) is 33.1 Å². The van der Waals surface area contributed by atoms with Gasteiger partial charge < -0.3 is 10.1 Å². The summed E-state index contributed by atoms with van der Waals surface area (Å²) in [5.41, 5.74) is 0. The molecule has 3 saturated carbocycles. The summed E-state index contributed by atoms with van der Waals surface area (Å²) in [6.45, 7) is 5.17. The van der Waals surface area contributed by atoms with Gasteiger partial charge in [0.25, 0.3) is 0 Å². The van der Waals surface area contributed by atoms with Gasteiger partial charge in [-0.25, -0.2) is 0 Å². The zero-order valence-corrected chi connectivity index (χ0v) is 10.8. The third-order valence-electron chi connectivity index (χ3n) is 5.24. The maximum atomic E-state index is 5.79. The monoisotopic (exact) mass is 223 g/mol. The average molecular weight is 223 g/mol. The van der Waals surface area contributed by atoms with E-state index in [0.29, 0.717) is 12.1 Å². The van der Waals surface area contributed by atoms with Crippen LogP contribution in [-0.4, -0.2) is 25.8 Å². The quantitative estimate of drug-likeness (QED) is 0.772. The van der Waals surface area contributed by atoms with Crippen LogP contribution in [0.2, 0.25) is 0 Å². The minimum Gasteiger partial charge on any atom is -0.377 e. The van der Waals surface area contributed by atoms with Crippen LogP contribution in [0.4, 0.5) is 0 Å². The first kappa shape index (κ1) is 11.0. The SMILES string of the molecule is CNC(COC(C)C)C1C2C3CCC(C3)C21. The first-order chi connectivity index (χ1) is 7.72. The Morgan fingerprint density at radius 1 is 1.19 bits per heavy atom.